The SMILES string of the molecule is COCC1(CNc2ncccc2Br)CCNCC1. The van der Waals surface area contributed by atoms with Crippen LogP contribution >= 0.6 is 15.9 Å². The molecule has 5 heteroatoms. The number of methoxy groups -OCH3 is 1. The molecule has 100 valence electrons. The molecule has 2 heterocycles. The van der Waals surface area contributed by atoms with Crippen LogP contribution in [0.25, 0.3) is 0 Å². The van der Waals surface area contributed by atoms with E-state index < -0.39 is 0 Å². The van der Waals surface area contributed by atoms with Crippen molar-refractivity contribution in [2.45, 2.75) is 12.8 Å². The van der Waals surface area contributed by atoms with Gasteiger partial charge in [0.05, 0.1) is 11.1 Å². The number of hydrogen-bond acceptors (Lipinski definition) is 4. The summed E-state index contributed by atoms with van der Waals surface area (Å²) in [5, 5.41) is 6.84. The Bertz CT molecular complexity index is 375. The number of halogens is 1. The van der Waals surface area contributed by atoms with E-state index in [-0.39, 0.29) is 5.41 Å². The minimum atomic E-state index is 0.219. The fourth-order valence-corrected chi connectivity index (χ4v) is 2.82. The largest absolute Gasteiger partial charge is 0.384 e. The predicted octanol–water partition coefficient (Wildman–Crippen LogP) is 2.27. The minimum absolute atomic E-state index is 0.219. The van der Waals surface area contributed by atoms with Gasteiger partial charge in [0.15, 0.2) is 0 Å². The summed E-state index contributed by atoms with van der Waals surface area (Å²) in [6, 6.07) is 3.92. The summed E-state index contributed by atoms with van der Waals surface area (Å²) >= 11 is 3.51. The Balaban J connectivity index is 1.99. The van der Waals surface area contributed by atoms with Crippen LogP contribution in [-0.2, 0) is 4.74 Å². The molecule has 18 heavy (non-hydrogen) atoms. The first-order valence-corrected chi connectivity index (χ1v) is 7.09. The molecule has 1 aliphatic rings. The number of hydrogen-bond donors (Lipinski definition) is 2. The second-order valence-corrected chi connectivity index (χ2v) is 5.72. The number of piperidine rings is 1. The molecule has 0 radical (unpaired) electrons. The van der Waals surface area contributed by atoms with Crippen molar-refractivity contribution in [3.05, 3.63) is 22.8 Å². The number of ether oxygens (including phenoxy) is 1. The molecule has 4 nitrogen and oxygen atoms in total. The predicted molar refractivity (Wildman–Crippen MR) is 76.8 cm³/mol. The number of nitrogens with one attached hydrogen (secondary N) is 2. The van der Waals surface area contributed by atoms with Crippen LogP contribution in [0.15, 0.2) is 22.8 Å². The smallest absolute Gasteiger partial charge is 0.140 e. The summed E-state index contributed by atoms with van der Waals surface area (Å²) in [5.41, 5.74) is 0.219. The molecule has 1 fully saturated rings. The quantitative estimate of drug-likeness (QED) is 0.875. The van der Waals surface area contributed by atoms with E-state index in [0.29, 0.717) is 0 Å². The highest BCUT2D eigenvalue weighted by Crippen LogP contribution is 2.30. The normalized spacial score (nSPS) is 18.6. The molecule has 2 N–H and O–H groups in total. The summed E-state index contributed by atoms with van der Waals surface area (Å²) in [6.45, 7) is 3.83. The number of rotatable bonds is 5. The van der Waals surface area contributed by atoms with Gasteiger partial charge in [0.2, 0.25) is 0 Å². The molecule has 0 unspecified atom stereocenters. The third kappa shape index (κ3) is 3.43. The molecule has 1 aromatic heterocycles. The highest BCUT2D eigenvalue weighted by atomic mass is 79.9. The Morgan fingerprint density at radius 2 is 2.28 bits per heavy atom. The maximum absolute atomic E-state index is 5.40. The molecular formula is C13H20BrN3O. The van der Waals surface area contributed by atoms with E-state index >= 15 is 0 Å². The van der Waals surface area contributed by atoms with Crippen molar-refractivity contribution in [2.24, 2.45) is 5.41 Å². The highest BCUT2D eigenvalue weighted by molar-refractivity contribution is 9.10. The lowest BCUT2D eigenvalue weighted by molar-refractivity contribution is 0.0635. The standard InChI is InChI=1S/C13H20BrN3O/c1-18-10-13(4-7-15-8-5-13)9-17-12-11(14)3-2-6-16-12/h2-3,6,15H,4-5,7-10H2,1H3,(H,16,17). The second kappa shape index (κ2) is 6.50. The maximum atomic E-state index is 5.40. The molecule has 0 spiro atoms. The molecule has 2 rings (SSSR count). The maximum Gasteiger partial charge on any atom is 0.140 e. The number of nitrogens with zero attached hydrogens (tertiary/aromatic N) is 1. The van der Waals surface area contributed by atoms with Crippen molar-refractivity contribution in [3.8, 4) is 0 Å². The first-order chi connectivity index (χ1) is 8.76. The van der Waals surface area contributed by atoms with Gasteiger partial charge in [-0.25, -0.2) is 4.98 Å². The van der Waals surface area contributed by atoms with Crippen LogP contribution in [-0.4, -0.2) is 38.3 Å². The average Bonchev–Trinajstić information content (AvgIpc) is 2.39. The third-order valence-electron chi connectivity index (χ3n) is 3.50. The number of pyridine rings is 1. The van der Waals surface area contributed by atoms with Gasteiger partial charge >= 0.3 is 0 Å². The fraction of sp³-hybridized carbons (Fsp3) is 0.615. The molecule has 0 atom stereocenters. The number of anilines is 1. The Kier molecular flexibility index (Phi) is 4.97. The molecule has 0 bridgehead atoms. The monoisotopic (exact) mass is 313 g/mol. The average molecular weight is 314 g/mol. The highest BCUT2D eigenvalue weighted by Gasteiger charge is 2.32. The van der Waals surface area contributed by atoms with Gasteiger partial charge in [0.1, 0.15) is 5.82 Å². The minimum Gasteiger partial charge on any atom is -0.384 e. The van der Waals surface area contributed by atoms with Crippen molar-refractivity contribution >= 4 is 21.7 Å². The Morgan fingerprint density at radius 3 is 2.94 bits per heavy atom. The van der Waals surface area contributed by atoms with Crippen LogP contribution in [0.4, 0.5) is 5.82 Å². The fourth-order valence-electron chi connectivity index (χ4n) is 2.42. The van der Waals surface area contributed by atoms with Crippen LogP contribution in [0.5, 0.6) is 0 Å². The summed E-state index contributed by atoms with van der Waals surface area (Å²) < 4.78 is 6.41. The van der Waals surface area contributed by atoms with Gasteiger partial charge < -0.3 is 15.4 Å². The zero-order chi connectivity index (χ0) is 12.8. The first-order valence-electron chi connectivity index (χ1n) is 6.30. The van der Waals surface area contributed by atoms with Gasteiger partial charge in [-0.15, -0.1) is 0 Å². The van der Waals surface area contributed by atoms with Gasteiger partial charge in [-0.1, -0.05) is 0 Å². The van der Waals surface area contributed by atoms with Gasteiger partial charge in [0, 0.05) is 25.3 Å². The van der Waals surface area contributed by atoms with Crippen LogP contribution < -0.4 is 10.6 Å². The van der Waals surface area contributed by atoms with Crippen LogP contribution in [0.3, 0.4) is 0 Å². The summed E-state index contributed by atoms with van der Waals surface area (Å²) in [5.74, 6) is 0.909. The van der Waals surface area contributed by atoms with Gasteiger partial charge in [-0.05, 0) is 54.0 Å². The van der Waals surface area contributed by atoms with Crippen molar-refractivity contribution in [1.29, 1.82) is 0 Å². The van der Waals surface area contributed by atoms with E-state index in [1.807, 2.05) is 12.1 Å². The summed E-state index contributed by atoms with van der Waals surface area (Å²) in [4.78, 5) is 4.34. The van der Waals surface area contributed by atoms with E-state index in [2.05, 4.69) is 31.5 Å². The molecule has 1 aliphatic heterocycles. The zero-order valence-electron chi connectivity index (χ0n) is 10.7. The molecule has 0 aromatic carbocycles. The molecule has 0 saturated carbocycles. The van der Waals surface area contributed by atoms with E-state index in [1.54, 1.807) is 13.3 Å². The van der Waals surface area contributed by atoms with Crippen molar-refractivity contribution in [1.82, 2.24) is 10.3 Å². The van der Waals surface area contributed by atoms with Crippen molar-refractivity contribution in [3.63, 3.8) is 0 Å². The lowest BCUT2D eigenvalue weighted by Gasteiger charge is -2.37. The molecule has 1 saturated heterocycles. The Labute approximate surface area is 117 Å². The molecular weight excluding hydrogens is 294 g/mol. The van der Waals surface area contributed by atoms with Gasteiger partial charge in [0.25, 0.3) is 0 Å². The summed E-state index contributed by atoms with van der Waals surface area (Å²) in [7, 11) is 1.78. The van der Waals surface area contributed by atoms with Crippen LogP contribution in [0, 0.1) is 5.41 Å². The van der Waals surface area contributed by atoms with Gasteiger partial charge in [-0.2, -0.15) is 0 Å². The van der Waals surface area contributed by atoms with E-state index in [4.69, 9.17) is 4.74 Å². The molecule has 1 aromatic rings. The zero-order valence-corrected chi connectivity index (χ0v) is 12.3. The topological polar surface area (TPSA) is 46.2 Å². The van der Waals surface area contributed by atoms with Gasteiger partial charge in [-0.3, -0.25) is 0 Å². The summed E-state index contributed by atoms with van der Waals surface area (Å²) in [6.07, 6.45) is 4.08. The lowest BCUT2D eigenvalue weighted by Crippen LogP contribution is -2.44. The first kappa shape index (κ1) is 13.8. The van der Waals surface area contributed by atoms with E-state index in [0.717, 1.165) is 49.4 Å². The third-order valence-corrected chi connectivity index (χ3v) is 4.14. The molecule has 0 amide bonds. The van der Waals surface area contributed by atoms with Crippen LogP contribution in [0.1, 0.15) is 12.8 Å². The van der Waals surface area contributed by atoms with Crippen molar-refractivity contribution < 1.29 is 4.74 Å². The van der Waals surface area contributed by atoms with E-state index in [1.165, 1.54) is 0 Å². The second-order valence-electron chi connectivity index (χ2n) is 4.87. The lowest BCUT2D eigenvalue weighted by atomic mass is 9.79. The Hall–Kier alpha value is -0.650. The van der Waals surface area contributed by atoms with Crippen molar-refractivity contribution in [2.75, 3.05) is 38.7 Å². The van der Waals surface area contributed by atoms with Crippen LogP contribution in [0.2, 0.25) is 0 Å². The molecule has 0 aliphatic carbocycles. The number of aromatic nitrogens is 1. The Morgan fingerprint density at radius 1 is 1.50 bits per heavy atom. The van der Waals surface area contributed by atoms with E-state index in [9.17, 15) is 0 Å².